The van der Waals surface area contributed by atoms with Crippen molar-refractivity contribution in [2.24, 2.45) is 0 Å². The molecule has 3 aromatic rings. The van der Waals surface area contributed by atoms with E-state index in [1.54, 1.807) is 42.5 Å². The van der Waals surface area contributed by atoms with E-state index in [4.69, 9.17) is 5.73 Å². The molecule has 0 spiro atoms. The van der Waals surface area contributed by atoms with Gasteiger partial charge in [0.15, 0.2) is 10.9 Å². The first kappa shape index (κ1) is 19.8. The largest absolute Gasteiger partial charge is 0.383 e. The van der Waals surface area contributed by atoms with Crippen molar-refractivity contribution >= 4 is 56.5 Å². The number of hydrogen-bond donors (Lipinski definition) is 2. The summed E-state index contributed by atoms with van der Waals surface area (Å²) in [7, 11) is 0. The quantitative estimate of drug-likeness (QED) is 0.355. The van der Waals surface area contributed by atoms with Gasteiger partial charge in [-0.2, -0.15) is 0 Å². The fourth-order valence-corrected chi connectivity index (χ4v) is 5.59. The molecule has 8 heteroatoms. The van der Waals surface area contributed by atoms with Crippen molar-refractivity contribution in [1.82, 2.24) is 9.97 Å². The van der Waals surface area contributed by atoms with E-state index in [1.165, 1.54) is 42.0 Å². The Hall–Kier alpha value is -2.45. The lowest BCUT2D eigenvalue weighted by Gasteiger charge is -2.12. The van der Waals surface area contributed by atoms with E-state index in [2.05, 4.69) is 15.3 Å². The molecule has 1 unspecified atom stereocenters. The second-order valence-corrected chi connectivity index (χ2v) is 9.56. The standard InChI is InChI=1S/C21H22N4O2S2/c1-11(26)13-6-5-7-14(10-13)23-19(27)12(2)28-21-24-18(22)17-15-8-3-4-9-16(15)29-20(17)25-21/h5-7,10,12H,3-4,8-9H2,1-2H3,(H,23,27)(H2,22,24,25). The molecule has 3 N–H and O–H groups in total. The number of ketones is 1. The number of nitrogens with zero attached hydrogens (tertiary/aromatic N) is 2. The lowest BCUT2D eigenvalue weighted by molar-refractivity contribution is -0.115. The number of fused-ring (bicyclic) bond motifs is 3. The first-order valence-corrected chi connectivity index (χ1v) is 11.3. The molecule has 0 bridgehead atoms. The van der Waals surface area contributed by atoms with E-state index < -0.39 is 5.25 Å². The van der Waals surface area contributed by atoms with Crippen molar-refractivity contribution in [2.45, 2.75) is 49.9 Å². The SMILES string of the molecule is CC(=O)c1cccc(NC(=O)C(C)Sc2nc(N)c3c4c(sc3n2)CCCC4)c1. The van der Waals surface area contributed by atoms with Crippen LogP contribution < -0.4 is 11.1 Å². The number of rotatable bonds is 5. The van der Waals surface area contributed by atoms with Gasteiger partial charge in [-0.05, 0) is 57.2 Å². The van der Waals surface area contributed by atoms with Crippen LogP contribution in [0.4, 0.5) is 11.5 Å². The molecule has 2 heterocycles. The van der Waals surface area contributed by atoms with Crippen LogP contribution in [0.5, 0.6) is 0 Å². The lowest BCUT2D eigenvalue weighted by atomic mass is 9.97. The monoisotopic (exact) mass is 426 g/mol. The molecule has 29 heavy (non-hydrogen) atoms. The fourth-order valence-electron chi connectivity index (χ4n) is 3.49. The molecule has 0 saturated heterocycles. The van der Waals surface area contributed by atoms with Gasteiger partial charge >= 0.3 is 0 Å². The molecule has 1 atom stereocenters. The Morgan fingerprint density at radius 1 is 1.24 bits per heavy atom. The normalized spacial score (nSPS) is 14.4. The van der Waals surface area contributed by atoms with Crippen LogP contribution in [0, 0.1) is 0 Å². The van der Waals surface area contributed by atoms with Gasteiger partial charge in [-0.3, -0.25) is 9.59 Å². The van der Waals surface area contributed by atoms with Crippen molar-refractivity contribution in [3.63, 3.8) is 0 Å². The highest BCUT2D eigenvalue weighted by molar-refractivity contribution is 8.00. The van der Waals surface area contributed by atoms with Crippen molar-refractivity contribution < 1.29 is 9.59 Å². The molecule has 0 saturated carbocycles. The Morgan fingerprint density at radius 2 is 2.03 bits per heavy atom. The summed E-state index contributed by atoms with van der Waals surface area (Å²) >= 11 is 2.98. The van der Waals surface area contributed by atoms with Crippen LogP contribution >= 0.6 is 23.1 Å². The number of benzene rings is 1. The highest BCUT2D eigenvalue weighted by atomic mass is 32.2. The maximum atomic E-state index is 12.6. The van der Waals surface area contributed by atoms with E-state index in [1.807, 2.05) is 0 Å². The molecule has 0 aliphatic heterocycles. The highest BCUT2D eigenvalue weighted by Crippen LogP contribution is 2.38. The number of nitrogens with one attached hydrogen (secondary N) is 1. The summed E-state index contributed by atoms with van der Waals surface area (Å²) < 4.78 is 0. The topological polar surface area (TPSA) is 98.0 Å². The average molecular weight is 427 g/mol. The third-order valence-corrected chi connectivity index (χ3v) is 7.16. The zero-order valence-electron chi connectivity index (χ0n) is 16.3. The Balaban J connectivity index is 1.51. The number of Topliss-reactive ketones (excluding diaryl/α,β-unsaturated/α-hetero) is 1. The summed E-state index contributed by atoms with van der Waals surface area (Å²) in [6.45, 7) is 3.30. The second-order valence-electron chi connectivity index (χ2n) is 7.17. The first-order valence-electron chi connectivity index (χ1n) is 9.58. The van der Waals surface area contributed by atoms with Crippen LogP contribution in [0.25, 0.3) is 10.2 Å². The van der Waals surface area contributed by atoms with E-state index in [0.29, 0.717) is 22.2 Å². The minimum absolute atomic E-state index is 0.0423. The van der Waals surface area contributed by atoms with Gasteiger partial charge in [0.05, 0.1) is 10.6 Å². The summed E-state index contributed by atoms with van der Waals surface area (Å²) in [5.74, 6) is 0.279. The maximum Gasteiger partial charge on any atom is 0.237 e. The van der Waals surface area contributed by atoms with Crippen LogP contribution in [0.1, 0.15) is 47.5 Å². The lowest BCUT2D eigenvalue weighted by Crippen LogP contribution is -2.22. The molecule has 2 aromatic heterocycles. The number of carbonyl (C=O) groups is 2. The van der Waals surface area contributed by atoms with E-state index in [-0.39, 0.29) is 11.7 Å². The summed E-state index contributed by atoms with van der Waals surface area (Å²) in [4.78, 5) is 35.5. The van der Waals surface area contributed by atoms with Crippen molar-refractivity contribution in [3.8, 4) is 0 Å². The van der Waals surface area contributed by atoms with Gasteiger partial charge in [0, 0.05) is 16.1 Å². The smallest absolute Gasteiger partial charge is 0.237 e. The van der Waals surface area contributed by atoms with Crippen molar-refractivity contribution in [1.29, 1.82) is 0 Å². The van der Waals surface area contributed by atoms with Crippen LogP contribution in [0.15, 0.2) is 29.4 Å². The number of nitrogen functional groups attached to an aromatic ring is 1. The number of nitrogens with two attached hydrogens (primary N) is 1. The number of amides is 1. The van der Waals surface area contributed by atoms with Gasteiger partial charge in [-0.25, -0.2) is 9.97 Å². The predicted molar refractivity (Wildman–Crippen MR) is 119 cm³/mol. The van der Waals surface area contributed by atoms with Gasteiger partial charge in [0.1, 0.15) is 10.6 Å². The number of hydrogen-bond acceptors (Lipinski definition) is 7. The third kappa shape index (κ3) is 4.13. The minimum atomic E-state index is -0.414. The van der Waals surface area contributed by atoms with Gasteiger partial charge < -0.3 is 11.1 Å². The number of carbonyl (C=O) groups excluding carboxylic acids is 2. The van der Waals surface area contributed by atoms with E-state index >= 15 is 0 Å². The first-order chi connectivity index (χ1) is 13.9. The molecule has 1 aliphatic carbocycles. The third-order valence-electron chi connectivity index (χ3n) is 5.01. The van der Waals surface area contributed by atoms with Gasteiger partial charge in [-0.15, -0.1) is 11.3 Å². The molecule has 0 fully saturated rings. The molecule has 150 valence electrons. The zero-order valence-corrected chi connectivity index (χ0v) is 18.0. The van der Waals surface area contributed by atoms with Gasteiger partial charge in [0.25, 0.3) is 0 Å². The Labute approximate surface area is 177 Å². The molecule has 1 aliphatic rings. The number of aromatic nitrogens is 2. The number of anilines is 2. The van der Waals surface area contributed by atoms with Gasteiger partial charge in [0.2, 0.25) is 5.91 Å². The van der Waals surface area contributed by atoms with Gasteiger partial charge in [-0.1, -0.05) is 23.9 Å². The summed E-state index contributed by atoms with van der Waals surface area (Å²) in [5.41, 5.74) is 8.72. The zero-order chi connectivity index (χ0) is 20.5. The Morgan fingerprint density at radius 3 is 2.83 bits per heavy atom. The second kappa shape index (κ2) is 8.12. The maximum absolute atomic E-state index is 12.6. The Bertz CT molecular complexity index is 1110. The minimum Gasteiger partial charge on any atom is -0.383 e. The molecular formula is C21H22N4O2S2. The van der Waals surface area contributed by atoms with Crippen LogP contribution in [-0.2, 0) is 17.6 Å². The molecule has 6 nitrogen and oxygen atoms in total. The number of thioether (sulfide) groups is 1. The molecular weight excluding hydrogens is 404 g/mol. The van der Waals surface area contributed by atoms with Crippen molar-refractivity contribution in [3.05, 3.63) is 40.3 Å². The average Bonchev–Trinajstić information content (AvgIpc) is 3.06. The predicted octanol–water partition coefficient (Wildman–Crippen LogP) is 4.47. The van der Waals surface area contributed by atoms with E-state index in [0.717, 1.165) is 23.1 Å². The number of aryl methyl sites for hydroxylation is 2. The summed E-state index contributed by atoms with van der Waals surface area (Å²) in [6, 6.07) is 6.91. The molecule has 0 radical (unpaired) electrons. The fraction of sp³-hybridized carbons (Fsp3) is 0.333. The Kier molecular flexibility index (Phi) is 5.56. The van der Waals surface area contributed by atoms with Crippen LogP contribution in [-0.4, -0.2) is 26.9 Å². The number of thiophene rings is 1. The summed E-state index contributed by atoms with van der Waals surface area (Å²) in [5, 5.41) is 3.94. The summed E-state index contributed by atoms with van der Waals surface area (Å²) in [6.07, 6.45) is 4.50. The highest BCUT2D eigenvalue weighted by Gasteiger charge is 2.22. The van der Waals surface area contributed by atoms with E-state index in [9.17, 15) is 9.59 Å². The molecule has 4 rings (SSSR count). The van der Waals surface area contributed by atoms with Crippen molar-refractivity contribution in [2.75, 3.05) is 11.1 Å². The molecule has 1 amide bonds. The van der Waals surface area contributed by atoms with Crippen LogP contribution in [0.2, 0.25) is 0 Å². The van der Waals surface area contributed by atoms with Crippen LogP contribution in [0.3, 0.4) is 0 Å². The molecule has 1 aromatic carbocycles.